The highest BCUT2D eigenvalue weighted by Gasteiger charge is 2.28. The Bertz CT molecular complexity index is 1110. The molecule has 1 unspecified atom stereocenters. The van der Waals surface area contributed by atoms with Gasteiger partial charge in [0.1, 0.15) is 6.61 Å². The number of amides is 1. The first kappa shape index (κ1) is 22.6. The molecule has 2 aromatic carbocycles. The largest absolute Gasteiger partial charge is 0.445 e. The standard InChI is InChI=1S/C26H29N5O2/c1-19-3-8-23(20(2)13-19)17-33-26(32)31-11-9-30(10-12-31)25(24-16-28-18-29-24)14-21-4-6-22(15-27)7-5-21/h3-8,13,16,18,25H,9-12,14,17H2,1-2H3,(H,28,29). The molecule has 1 aliphatic heterocycles. The summed E-state index contributed by atoms with van der Waals surface area (Å²) in [5.41, 5.74) is 6.23. The molecule has 7 heteroatoms. The van der Waals surface area contributed by atoms with Crippen LogP contribution in [0.2, 0.25) is 0 Å². The Hall–Kier alpha value is -3.63. The number of aromatic amines is 1. The third-order valence-corrected chi connectivity index (χ3v) is 6.25. The molecule has 1 aromatic heterocycles. The monoisotopic (exact) mass is 443 g/mol. The number of carbonyl (C=O) groups excluding carboxylic acids is 1. The van der Waals surface area contributed by atoms with E-state index in [1.807, 2.05) is 49.5 Å². The van der Waals surface area contributed by atoms with Crippen molar-refractivity contribution in [3.05, 3.63) is 88.5 Å². The molecule has 1 saturated heterocycles. The molecule has 0 bridgehead atoms. The number of nitrogens with zero attached hydrogens (tertiary/aromatic N) is 4. The van der Waals surface area contributed by atoms with Crippen LogP contribution in [0, 0.1) is 25.2 Å². The number of benzene rings is 2. The second kappa shape index (κ2) is 10.3. The number of hydrogen-bond acceptors (Lipinski definition) is 5. The van der Waals surface area contributed by atoms with Gasteiger partial charge in [-0.2, -0.15) is 5.26 Å². The van der Waals surface area contributed by atoms with Gasteiger partial charge < -0.3 is 14.6 Å². The minimum atomic E-state index is -0.264. The van der Waals surface area contributed by atoms with Crippen LogP contribution >= 0.6 is 0 Å². The number of aryl methyl sites for hydroxylation is 2. The van der Waals surface area contributed by atoms with Crippen LogP contribution in [0.1, 0.15) is 39.6 Å². The second-order valence-corrected chi connectivity index (χ2v) is 8.54. The Morgan fingerprint density at radius 3 is 2.55 bits per heavy atom. The van der Waals surface area contributed by atoms with Gasteiger partial charge in [-0.3, -0.25) is 4.90 Å². The summed E-state index contributed by atoms with van der Waals surface area (Å²) in [6.07, 6.45) is 4.09. The quantitative estimate of drug-likeness (QED) is 0.619. The number of imidazole rings is 1. The van der Waals surface area contributed by atoms with Gasteiger partial charge in [-0.25, -0.2) is 9.78 Å². The topological polar surface area (TPSA) is 85.2 Å². The predicted octanol–water partition coefficient (Wildman–Crippen LogP) is 4.14. The highest BCUT2D eigenvalue weighted by molar-refractivity contribution is 5.67. The number of piperazine rings is 1. The molecule has 0 aliphatic carbocycles. The minimum absolute atomic E-state index is 0.119. The molecule has 2 heterocycles. The van der Waals surface area contributed by atoms with E-state index >= 15 is 0 Å². The molecule has 1 atom stereocenters. The molecule has 0 spiro atoms. The van der Waals surface area contributed by atoms with E-state index in [0.717, 1.165) is 41.9 Å². The van der Waals surface area contributed by atoms with E-state index in [2.05, 4.69) is 33.9 Å². The van der Waals surface area contributed by atoms with E-state index in [-0.39, 0.29) is 12.1 Å². The predicted molar refractivity (Wildman–Crippen MR) is 125 cm³/mol. The van der Waals surface area contributed by atoms with Gasteiger partial charge in [0.25, 0.3) is 0 Å². The van der Waals surface area contributed by atoms with Crippen molar-refractivity contribution in [3.8, 4) is 6.07 Å². The van der Waals surface area contributed by atoms with Crippen molar-refractivity contribution in [3.63, 3.8) is 0 Å². The van der Waals surface area contributed by atoms with Crippen molar-refractivity contribution in [2.75, 3.05) is 26.2 Å². The summed E-state index contributed by atoms with van der Waals surface area (Å²) in [4.78, 5) is 24.3. The lowest BCUT2D eigenvalue weighted by Gasteiger charge is -2.38. The van der Waals surface area contributed by atoms with E-state index < -0.39 is 0 Å². The van der Waals surface area contributed by atoms with E-state index in [9.17, 15) is 4.79 Å². The van der Waals surface area contributed by atoms with E-state index in [4.69, 9.17) is 10.00 Å². The van der Waals surface area contributed by atoms with Gasteiger partial charge in [0, 0.05) is 32.4 Å². The summed E-state index contributed by atoms with van der Waals surface area (Å²) in [6, 6.07) is 16.2. The molecule has 0 saturated carbocycles. The van der Waals surface area contributed by atoms with Gasteiger partial charge in [0.05, 0.1) is 29.7 Å². The van der Waals surface area contributed by atoms with Crippen molar-refractivity contribution < 1.29 is 9.53 Å². The van der Waals surface area contributed by atoms with Crippen LogP contribution in [0.3, 0.4) is 0 Å². The number of carbonyl (C=O) groups is 1. The van der Waals surface area contributed by atoms with Crippen molar-refractivity contribution in [1.29, 1.82) is 5.26 Å². The van der Waals surface area contributed by atoms with Gasteiger partial charge in [0.2, 0.25) is 0 Å². The third-order valence-electron chi connectivity index (χ3n) is 6.25. The summed E-state index contributed by atoms with van der Waals surface area (Å²) >= 11 is 0. The van der Waals surface area contributed by atoms with Crippen LogP contribution in [0.15, 0.2) is 55.0 Å². The number of rotatable bonds is 6. The lowest BCUT2D eigenvalue weighted by atomic mass is 10.0. The second-order valence-electron chi connectivity index (χ2n) is 8.54. The van der Waals surface area contributed by atoms with Crippen molar-refractivity contribution in [2.45, 2.75) is 32.9 Å². The Morgan fingerprint density at radius 1 is 1.15 bits per heavy atom. The molecule has 4 rings (SSSR count). The number of hydrogen-bond donors (Lipinski definition) is 1. The van der Waals surface area contributed by atoms with Crippen molar-refractivity contribution in [1.82, 2.24) is 19.8 Å². The van der Waals surface area contributed by atoms with Crippen LogP contribution in [0.5, 0.6) is 0 Å². The SMILES string of the molecule is Cc1ccc(COC(=O)N2CCN(C(Cc3ccc(C#N)cc3)c3cnc[nH]3)CC2)c(C)c1. The van der Waals surface area contributed by atoms with E-state index in [0.29, 0.717) is 25.3 Å². The van der Waals surface area contributed by atoms with Gasteiger partial charge in [-0.15, -0.1) is 0 Å². The highest BCUT2D eigenvalue weighted by atomic mass is 16.6. The van der Waals surface area contributed by atoms with E-state index in [1.165, 1.54) is 5.56 Å². The number of ether oxygens (including phenoxy) is 1. The van der Waals surface area contributed by atoms with Gasteiger partial charge >= 0.3 is 6.09 Å². The van der Waals surface area contributed by atoms with Gasteiger partial charge in [-0.05, 0) is 49.1 Å². The fraction of sp³-hybridized carbons (Fsp3) is 0.346. The number of nitrogens with one attached hydrogen (secondary N) is 1. The zero-order valence-corrected chi connectivity index (χ0v) is 19.1. The van der Waals surface area contributed by atoms with E-state index in [1.54, 1.807) is 11.2 Å². The molecule has 1 N–H and O–H groups in total. The van der Waals surface area contributed by atoms with Crippen LogP contribution in [0.4, 0.5) is 4.79 Å². The normalized spacial score (nSPS) is 15.1. The maximum atomic E-state index is 12.6. The summed E-state index contributed by atoms with van der Waals surface area (Å²) in [5, 5.41) is 9.05. The molecule has 1 fully saturated rings. The zero-order chi connectivity index (χ0) is 23.2. The first-order valence-electron chi connectivity index (χ1n) is 11.2. The summed E-state index contributed by atoms with van der Waals surface area (Å²) < 4.78 is 5.60. The van der Waals surface area contributed by atoms with Crippen molar-refractivity contribution >= 4 is 6.09 Å². The Kier molecular flexibility index (Phi) is 7.06. The maximum absolute atomic E-state index is 12.6. The lowest BCUT2D eigenvalue weighted by molar-refractivity contribution is 0.0587. The number of aromatic nitrogens is 2. The Balaban J connectivity index is 1.35. The molecule has 33 heavy (non-hydrogen) atoms. The first-order valence-corrected chi connectivity index (χ1v) is 11.2. The molecule has 1 aliphatic rings. The Labute approximate surface area is 194 Å². The maximum Gasteiger partial charge on any atom is 0.410 e. The fourth-order valence-corrected chi connectivity index (χ4v) is 4.28. The van der Waals surface area contributed by atoms with Crippen LogP contribution in [-0.4, -0.2) is 52.0 Å². The van der Waals surface area contributed by atoms with Gasteiger partial charge in [-0.1, -0.05) is 35.9 Å². The number of H-pyrrole nitrogens is 1. The summed E-state index contributed by atoms with van der Waals surface area (Å²) in [6.45, 7) is 7.11. The minimum Gasteiger partial charge on any atom is -0.445 e. The smallest absolute Gasteiger partial charge is 0.410 e. The van der Waals surface area contributed by atoms with Crippen LogP contribution < -0.4 is 0 Å². The molecule has 3 aromatic rings. The Morgan fingerprint density at radius 2 is 1.91 bits per heavy atom. The van der Waals surface area contributed by atoms with Crippen LogP contribution in [0.25, 0.3) is 0 Å². The molecule has 1 amide bonds. The molecular formula is C26H29N5O2. The van der Waals surface area contributed by atoms with Crippen molar-refractivity contribution in [2.24, 2.45) is 0 Å². The molecule has 0 radical (unpaired) electrons. The average Bonchev–Trinajstić information content (AvgIpc) is 3.37. The molecule has 7 nitrogen and oxygen atoms in total. The van der Waals surface area contributed by atoms with Gasteiger partial charge in [0.15, 0.2) is 0 Å². The first-order chi connectivity index (χ1) is 16.0. The number of nitriles is 1. The zero-order valence-electron chi connectivity index (χ0n) is 19.1. The van der Waals surface area contributed by atoms with Crippen LogP contribution in [-0.2, 0) is 17.8 Å². The summed E-state index contributed by atoms with van der Waals surface area (Å²) in [5.74, 6) is 0. The average molecular weight is 444 g/mol. The molecular weight excluding hydrogens is 414 g/mol. The lowest BCUT2D eigenvalue weighted by Crippen LogP contribution is -2.50. The third kappa shape index (κ3) is 5.60. The highest BCUT2D eigenvalue weighted by Crippen LogP contribution is 2.25. The summed E-state index contributed by atoms with van der Waals surface area (Å²) in [7, 11) is 0. The fourth-order valence-electron chi connectivity index (χ4n) is 4.28. The molecule has 170 valence electrons.